The van der Waals surface area contributed by atoms with Gasteiger partial charge in [0.15, 0.2) is 16.7 Å². The molecule has 1 atom stereocenters. The number of carboxylic acids is 1. The summed E-state index contributed by atoms with van der Waals surface area (Å²) in [5.41, 5.74) is 0.574. The lowest BCUT2D eigenvalue weighted by Gasteiger charge is -2.35. The first-order valence-electron chi connectivity index (χ1n) is 10.1. The average molecular weight is 417 g/mol. The fourth-order valence-electron chi connectivity index (χ4n) is 4.15. The van der Waals surface area contributed by atoms with Crippen molar-refractivity contribution in [2.45, 2.75) is 44.8 Å². The van der Waals surface area contributed by atoms with Crippen LogP contribution in [-0.2, 0) is 0 Å². The van der Waals surface area contributed by atoms with Gasteiger partial charge in [-0.25, -0.2) is 4.79 Å². The molecule has 1 saturated heterocycles. The Kier molecular flexibility index (Phi) is 5.50. The number of rotatable bonds is 6. The van der Waals surface area contributed by atoms with E-state index in [1.165, 1.54) is 0 Å². The van der Waals surface area contributed by atoms with E-state index in [0.717, 1.165) is 62.4 Å². The molecule has 2 aromatic rings. The second kappa shape index (κ2) is 8.06. The van der Waals surface area contributed by atoms with Crippen LogP contribution in [0, 0.1) is 5.92 Å². The first kappa shape index (κ1) is 19.8. The molecular weight excluding hydrogens is 392 g/mol. The number of piperidine rings is 1. The zero-order valence-electron chi connectivity index (χ0n) is 16.4. The maximum Gasteiger partial charge on any atom is 0.335 e. The van der Waals surface area contributed by atoms with Gasteiger partial charge >= 0.3 is 5.97 Å². The van der Waals surface area contributed by atoms with Gasteiger partial charge in [-0.2, -0.15) is 0 Å². The highest BCUT2D eigenvalue weighted by atomic mass is 35.5. The summed E-state index contributed by atoms with van der Waals surface area (Å²) in [6.07, 6.45) is 4.94. The highest BCUT2D eigenvalue weighted by molar-refractivity contribution is 6.29. The zero-order valence-corrected chi connectivity index (χ0v) is 17.2. The van der Waals surface area contributed by atoms with Crippen molar-refractivity contribution in [3.8, 4) is 5.75 Å². The first-order chi connectivity index (χ1) is 14.0. The highest BCUT2D eigenvalue weighted by Gasteiger charge is 2.38. The van der Waals surface area contributed by atoms with E-state index in [4.69, 9.17) is 16.3 Å². The summed E-state index contributed by atoms with van der Waals surface area (Å²) in [5.74, 6) is 1.30. The number of fused-ring (bicyclic) bond motifs is 1. The van der Waals surface area contributed by atoms with E-state index in [1.807, 2.05) is 6.07 Å². The molecule has 2 aliphatic heterocycles. The van der Waals surface area contributed by atoms with E-state index in [0.29, 0.717) is 11.1 Å². The van der Waals surface area contributed by atoms with E-state index in [9.17, 15) is 9.90 Å². The number of carboxylic acid groups (broad SMARTS) is 1. The van der Waals surface area contributed by atoms with Crippen LogP contribution < -0.4 is 15.0 Å². The van der Waals surface area contributed by atoms with Gasteiger partial charge in [0.2, 0.25) is 0 Å². The number of carbonyl (C=O) groups is 1. The number of benzene rings is 1. The molecule has 0 amide bonds. The summed E-state index contributed by atoms with van der Waals surface area (Å²) in [4.78, 5) is 13.5. The Balaban J connectivity index is 1.33. The number of hydrogen-bond donors (Lipinski definition) is 2. The Morgan fingerprint density at radius 1 is 1.31 bits per heavy atom. The SMILES string of the molecule is CCC1(CCC2CCN(c3ccc(Cl)nn3)CC2)Nc2cc(C(=O)O)ccc2O1. The molecule has 29 heavy (non-hydrogen) atoms. The fraction of sp³-hybridized carbons (Fsp3) is 0.476. The second-order valence-corrected chi connectivity index (χ2v) is 8.16. The lowest BCUT2D eigenvalue weighted by molar-refractivity contribution is 0.0697. The summed E-state index contributed by atoms with van der Waals surface area (Å²) < 4.78 is 6.23. The summed E-state index contributed by atoms with van der Waals surface area (Å²) in [6.45, 7) is 4.01. The van der Waals surface area contributed by atoms with Gasteiger partial charge in [0, 0.05) is 25.9 Å². The lowest BCUT2D eigenvalue weighted by Crippen LogP contribution is -2.41. The Morgan fingerprint density at radius 3 is 2.76 bits per heavy atom. The third-order valence-corrected chi connectivity index (χ3v) is 6.18. The number of hydrogen-bond acceptors (Lipinski definition) is 6. The van der Waals surface area contributed by atoms with Crippen LogP contribution in [0.4, 0.5) is 11.5 Å². The number of nitrogens with one attached hydrogen (secondary N) is 1. The van der Waals surface area contributed by atoms with Crippen molar-refractivity contribution in [3.63, 3.8) is 0 Å². The van der Waals surface area contributed by atoms with Crippen LogP contribution in [0.3, 0.4) is 0 Å². The standard InChI is InChI=1S/C21H25ClN4O3/c1-2-21(23-16-13-15(20(27)28)3-4-17(16)29-21)10-7-14-8-11-26(12-9-14)19-6-5-18(22)24-25-19/h3-6,13-14,23H,2,7-12H2,1H3,(H,27,28). The molecule has 154 valence electrons. The minimum absolute atomic E-state index is 0.268. The number of aromatic carboxylic acids is 1. The summed E-state index contributed by atoms with van der Waals surface area (Å²) in [5, 5.41) is 21.2. The molecule has 1 unspecified atom stereocenters. The van der Waals surface area contributed by atoms with Gasteiger partial charge < -0.3 is 20.1 Å². The van der Waals surface area contributed by atoms with E-state index in [2.05, 4.69) is 27.3 Å². The Hall–Kier alpha value is -2.54. The fourth-order valence-corrected chi connectivity index (χ4v) is 4.25. The van der Waals surface area contributed by atoms with Gasteiger partial charge in [0.1, 0.15) is 5.75 Å². The van der Waals surface area contributed by atoms with E-state index in [1.54, 1.807) is 24.3 Å². The van der Waals surface area contributed by atoms with Crippen LogP contribution in [0.2, 0.25) is 5.15 Å². The van der Waals surface area contributed by atoms with E-state index in [-0.39, 0.29) is 5.56 Å². The normalized spacial score (nSPS) is 21.4. The highest BCUT2D eigenvalue weighted by Crippen LogP contribution is 2.42. The molecule has 2 aliphatic rings. The van der Waals surface area contributed by atoms with Crippen LogP contribution in [0.25, 0.3) is 0 Å². The van der Waals surface area contributed by atoms with Crippen molar-refractivity contribution >= 4 is 29.1 Å². The number of ether oxygens (including phenoxy) is 1. The topological polar surface area (TPSA) is 87.6 Å². The van der Waals surface area contributed by atoms with Gasteiger partial charge in [0.25, 0.3) is 0 Å². The van der Waals surface area contributed by atoms with Gasteiger partial charge in [-0.15, -0.1) is 10.2 Å². The molecule has 8 heteroatoms. The maximum absolute atomic E-state index is 11.2. The van der Waals surface area contributed by atoms with Crippen molar-refractivity contribution < 1.29 is 14.6 Å². The smallest absolute Gasteiger partial charge is 0.335 e. The van der Waals surface area contributed by atoms with Crippen LogP contribution in [0.5, 0.6) is 5.75 Å². The Morgan fingerprint density at radius 2 is 2.10 bits per heavy atom. The van der Waals surface area contributed by atoms with Crippen molar-refractivity contribution in [2.24, 2.45) is 5.92 Å². The molecular formula is C21H25ClN4O3. The van der Waals surface area contributed by atoms with Crippen LogP contribution in [0.1, 0.15) is 49.4 Å². The van der Waals surface area contributed by atoms with Gasteiger partial charge in [-0.3, -0.25) is 0 Å². The minimum atomic E-state index is -0.930. The van der Waals surface area contributed by atoms with Gasteiger partial charge in [-0.05, 0) is 55.5 Å². The molecule has 1 fully saturated rings. The predicted molar refractivity (Wildman–Crippen MR) is 112 cm³/mol. The Labute approximate surface area is 175 Å². The summed E-state index contributed by atoms with van der Waals surface area (Å²) >= 11 is 5.82. The largest absolute Gasteiger partial charge is 0.478 e. The van der Waals surface area contributed by atoms with Crippen LogP contribution >= 0.6 is 11.6 Å². The third kappa shape index (κ3) is 4.24. The average Bonchev–Trinajstić information content (AvgIpc) is 3.11. The number of halogens is 1. The summed E-state index contributed by atoms with van der Waals surface area (Å²) in [7, 11) is 0. The quantitative estimate of drug-likeness (QED) is 0.719. The number of anilines is 2. The molecule has 0 saturated carbocycles. The lowest BCUT2D eigenvalue weighted by atomic mass is 9.89. The van der Waals surface area contributed by atoms with Crippen LogP contribution in [0.15, 0.2) is 30.3 Å². The molecule has 3 heterocycles. The first-order valence-corrected chi connectivity index (χ1v) is 10.4. The molecule has 7 nitrogen and oxygen atoms in total. The van der Waals surface area contributed by atoms with Crippen molar-refractivity contribution in [3.05, 3.63) is 41.0 Å². The summed E-state index contributed by atoms with van der Waals surface area (Å²) in [6, 6.07) is 8.68. The molecule has 4 rings (SSSR count). The molecule has 0 radical (unpaired) electrons. The Bertz CT molecular complexity index is 884. The van der Waals surface area contributed by atoms with Gasteiger partial charge in [-0.1, -0.05) is 18.5 Å². The third-order valence-electron chi connectivity index (χ3n) is 5.98. The molecule has 0 aliphatic carbocycles. The van der Waals surface area contributed by atoms with Crippen LogP contribution in [-0.4, -0.2) is 40.1 Å². The van der Waals surface area contributed by atoms with Crippen molar-refractivity contribution in [1.29, 1.82) is 0 Å². The van der Waals surface area contributed by atoms with E-state index >= 15 is 0 Å². The number of aromatic nitrogens is 2. The maximum atomic E-state index is 11.2. The molecule has 1 aromatic carbocycles. The molecule has 1 aromatic heterocycles. The van der Waals surface area contributed by atoms with Gasteiger partial charge in [0.05, 0.1) is 11.3 Å². The molecule has 2 N–H and O–H groups in total. The van der Waals surface area contributed by atoms with E-state index < -0.39 is 11.7 Å². The molecule has 0 bridgehead atoms. The zero-order chi connectivity index (χ0) is 20.4. The van der Waals surface area contributed by atoms with Crippen molar-refractivity contribution in [1.82, 2.24) is 10.2 Å². The molecule has 0 spiro atoms. The second-order valence-electron chi connectivity index (χ2n) is 7.77. The minimum Gasteiger partial charge on any atom is -0.478 e. The number of nitrogens with zero attached hydrogens (tertiary/aromatic N) is 3. The van der Waals surface area contributed by atoms with Crippen molar-refractivity contribution in [2.75, 3.05) is 23.3 Å². The predicted octanol–water partition coefficient (Wildman–Crippen LogP) is 4.44. The monoisotopic (exact) mass is 416 g/mol.